The van der Waals surface area contributed by atoms with Gasteiger partial charge in [0, 0.05) is 18.2 Å². The molecule has 0 bridgehead atoms. The van der Waals surface area contributed by atoms with Crippen LogP contribution in [0.1, 0.15) is 17.0 Å². The molecule has 11 heteroatoms. The third kappa shape index (κ3) is 4.77. The fourth-order valence-corrected chi connectivity index (χ4v) is 2.69. The minimum Gasteiger partial charge on any atom is -0.490 e. The molecule has 2 heterocycles. The highest BCUT2D eigenvalue weighted by atomic mass is 32.2. The van der Waals surface area contributed by atoms with E-state index in [1.807, 2.05) is 0 Å². The number of primary sulfonamides is 1. The molecular weight excluding hydrogens is 380 g/mol. The van der Waals surface area contributed by atoms with Crippen molar-refractivity contribution in [1.82, 2.24) is 0 Å². The molecule has 27 heavy (non-hydrogen) atoms. The Morgan fingerprint density at radius 3 is 2.56 bits per heavy atom. The number of sulfonamides is 1. The Hall–Kier alpha value is -3.05. The number of carbonyl (C=O) groups is 2. The smallest absolute Gasteiger partial charge is 0.374 e. The van der Waals surface area contributed by atoms with Gasteiger partial charge in [-0.2, -0.15) is 0 Å². The summed E-state index contributed by atoms with van der Waals surface area (Å²) in [5, 5.41) is 6.85. The summed E-state index contributed by atoms with van der Waals surface area (Å²) in [4.78, 5) is 23.7. The normalized spacial score (nSPS) is 13.5. The average molecular weight is 396 g/mol. The molecule has 0 aliphatic carbocycles. The third-order valence-electron chi connectivity index (χ3n) is 3.43. The molecule has 1 aliphatic heterocycles. The highest BCUT2D eigenvalue weighted by Gasteiger charge is 2.19. The second-order valence-electron chi connectivity index (χ2n) is 5.50. The molecule has 3 rings (SSSR count). The van der Waals surface area contributed by atoms with E-state index in [0.717, 1.165) is 18.6 Å². The highest BCUT2D eigenvalue weighted by Crippen LogP contribution is 2.32. The van der Waals surface area contributed by atoms with Crippen LogP contribution in [0.25, 0.3) is 0 Å². The summed E-state index contributed by atoms with van der Waals surface area (Å²) >= 11 is 0. The number of nitrogens with one attached hydrogen (secondary N) is 1. The van der Waals surface area contributed by atoms with Crippen molar-refractivity contribution in [2.45, 2.75) is 11.5 Å². The number of furan rings is 1. The van der Waals surface area contributed by atoms with Crippen LogP contribution in [0.15, 0.2) is 39.8 Å². The average Bonchev–Trinajstić information content (AvgIpc) is 3.01. The molecule has 0 fully saturated rings. The highest BCUT2D eigenvalue weighted by molar-refractivity contribution is 7.89. The number of benzene rings is 1. The van der Waals surface area contributed by atoms with Gasteiger partial charge in [0.1, 0.15) is 0 Å². The molecule has 1 aromatic carbocycles. The predicted molar refractivity (Wildman–Crippen MR) is 91.0 cm³/mol. The van der Waals surface area contributed by atoms with Gasteiger partial charge in [-0.05, 0) is 24.3 Å². The lowest BCUT2D eigenvalue weighted by Crippen LogP contribution is -2.20. The first-order chi connectivity index (χ1) is 12.8. The molecule has 10 nitrogen and oxygen atoms in total. The Balaban J connectivity index is 1.56. The lowest BCUT2D eigenvalue weighted by atomic mass is 10.2. The van der Waals surface area contributed by atoms with E-state index in [-0.39, 0.29) is 5.76 Å². The summed E-state index contributed by atoms with van der Waals surface area (Å²) < 4.78 is 42.8. The SMILES string of the molecule is NS(=O)(=O)c1ccc(C(=O)OCC(=O)Nc2ccc3c(c2)OCCCO3)o1. The van der Waals surface area contributed by atoms with E-state index >= 15 is 0 Å². The van der Waals surface area contributed by atoms with Gasteiger partial charge >= 0.3 is 5.97 Å². The number of ether oxygens (including phenoxy) is 3. The number of carbonyl (C=O) groups excluding carboxylic acids is 2. The van der Waals surface area contributed by atoms with Gasteiger partial charge in [-0.25, -0.2) is 18.4 Å². The van der Waals surface area contributed by atoms with Crippen LogP contribution >= 0.6 is 0 Å². The minimum atomic E-state index is -4.07. The fraction of sp³-hybridized carbons (Fsp3) is 0.250. The summed E-state index contributed by atoms with van der Waals surface area (Å²) in [7, 11) is -4.07. The van der Waals surface area contributed by atoms with Gasteiger partial charge in [-0.1, -0.05) is 0 Å². The Morgan fingerprint density at radius 1 is 1.11 bits per heavy atom. The van der Waals surface area contributed by atoms with Crippen LogP contribution in [0.4, 0.5) is 5.69 Å². The van der Waals surface area contributed by atoms with Gasteiger partial charge in [-0.15, -0.1) is 0 Å². The van der Waals surface area contributed by atoms with Gasteiger partial charge in [0.05, 0.1) is 13.2 Å². The second-order valence-corrected chi connectivity index (χ2v) is 6.99. The standard InChI is InChI=1S/C16H16N2O8S/c17-27(21,22)15-5-4-12(26-15)16(20)25-9-14(19)18-10-2-3-11-13(8-10)24-7-1-6-23-11/h2-5,8H,1,6-7,9H2,(H,18,19)(H2,17,21,22). The van der Waals surface area contributed by atoms with Crippen LogP contribution in [-0.2, 0) is 19.6 Å². The van der Waals surface area contributed by atoms with E-state index in [9.17, 15) is 18.0 Å². The topological polar surface area (TPSA) is 147 Å². The summed E-state index contributed by atoms with van der Waals surface area (Å²) in [6.07, 6.45) is 0.756. The quantitative estimate of drug-likeness (QED) is 0.708. The predicted octanol–water partition coefficient (Wildman–Crippen LogP) is 0.884. The molecule has 0 saturated carbocycles. The van der Waals surface area contributed by atoms with Gasteiger partial charge < -0.3 is 23.9 Å². The zero-order valence-electron chi connectivity index (χ0n) is 14.0. The number of fused-ring (bicyclic) bond motifs is 1. The maximum Gasteiger partial charge on any atom is 0.374 e. The van der Waals surface area contributed by atoms with Crippen molar-refractivity contribution in [3.8, 4) is 11.5 Å². The molecule has 1 amide bonds. The second kappa shape index (κ2) is 7.68. The zero-order chi connectivity index (χ0) is 19.4. The Kier molecular flexibility index (Phi) is 5.33. The Bertz CT molecular complexity index is 967. The van der Waals surface area contributed by atoms with Crippen LogP contribution in [0, 0.1) is 0 Å². The first-order valence-electron chi connectivity index (χ1n) is 7.82. The minimum absolute atomic E-state index is 0.387. The monoisotopic (exact) mass is 396 g/mol. The van der Waals surface area contributed by atoms with E-state index in [1.54, 1.807) is 18.2 Å². The molecule has 0 spiro atoms. The maximum absolute atomic E-state index is 11.9. The Labute approximate surface area is 154 Å². The maximum atomic E-state index is 11.9. The molecular formula is C16H16N2O8S. The lowest BCUT2D eigenvalue weighted by Gasteiger charge is -2.10. The number of anilines is 1. The molecule has 1 aromatic heterocycles. The third-order valence-corrected chi connectivity index (χ3v) is 4.21. The summed E-state index contributed by atoms with van der Waals surface area (Å²) in [6, 6.07) is 7.00. The first-order valence-corrected chi connectivity index (χ1v) is 9.37. The van der Waals surface area contributed by atoms with Crippen molar-refractivity contribution in [3.05, 3.63) is 36.1 Å². The number of hydrogen-bond donors (Lipinski definition) is 2. The van der Waals surface area contributed by atoms with E-state index in [1.165, 1.54) is 0 Å². The fourth-order valence-electron chi connectivity index (χ4n) is 2.22. The molecule has 0 atom stereocenters. The molecule has 2 aromatic rings. The molecule has 144 valence electrons. The van der Waals surface area contributed by atoms with Crippen molar-refractivity contribution < 1.29 is 36.6 Å². The number of nitrogens with two attached hydrogens (primary N) is 1. The summed E-state index contributed by atoms with van der Waals surface area (Å²) in [5.74, 6) is -0.897. The van der Waals surface area contributed by atoms with E-state index in [0.29, 0.717) is 30.4 Å². The number of hydrogen-bond acceptors (Lipinski definition) is 8. The van der Waals surface area contributed by atoms with Crippen molar-refractivity contribution >= 4 is 27.6 Å². The van der Waals surface area contributed by atoms with Crippen molar-refractivity contribution in [2.75, 3.05) is 25.1 Å². The van der Waals surface area contributed by atoms with E-state index in [2.05, 4.69) is 5.32 Å². The lowest BCUT2D eigenvalue weighted by molar-refractivity contribution is -0.119. The zero-order valence-corrected chi connectivity index (χ0v) is 14.8. The molecule has 0 saturated heterocycles. The summed E-state index contributed by atoms with van der Waals surface area (Å²) in [6.45, 7) is 0.457. The first kappa shape index (κ1) is 18.7. The number of rotatable bonds is 5. The van der Waals surface area contributed by atoms with Crippen LogP contribution in [-0.4, -0.2) is 40.1 Å². The van der Waals surface area contributed by atoms with Gasteiger partial charge in [0.25, 0.3) is 15.9 Å². The number of esters is 1. The van der Waals surface area contributed by atoms with Crippen molar-refractivity contribution in [2.24, 2.45) is 5.14 Å². The molecule has 1 aliphatic rings. The summed E-state index contributed by atoms with van der Waals surface area (Å²) in [5.41, 5.74) is 0.440. The van der Waals surface area contributed by atoms with Crippen LogP contribution in [0.3, 0.4) is 0 Å². The molecule has 0 radical (unpaired) electrons. The van der Waals surface area contributed by atoms with Gasteiger partial charge in [-0.3, -0.25) is 4.79 Å². The van der Waals surface area contributed by atoms with Crippen molar-refractivity contribution in [3.63, 3.8) is 0 Å². The number of amides is 1. The molecule has 0 unspecified atom stereocenters. The Morgan fingerprint density at radius 2 is 1.85 bits per heavy atom. The largest absolute Gasteiger partial charge is 0.490 e. The van der Waals surface area contributed by atoms with Crippen LogP contribution in [0.2, 0.25) is 0 Å². The molecule has 3 N–H and O–H groups in total. The van der Waals surface area contributed by atoms with E-state index in [4.69, 9.17) is 23.8 Å². The van der Waals surface area contributed by atoms with Crippen LogP contribution in [0.5, 0.6) is 11.5 Å². The van der Waals surface area contributed by atoms with E-state index < -0.39 is 33.6 Å². The van der Waals surface area contributed by atoms with Crippen molar-refractivity contribution in [1.29, 1.82) is 0 Å². The van der Waals surface area contributed by atoms with Crippen LogP contribution < -0.4 is 19.9 Å². The van der Waals surface area contributed by atoms with Gasteiger partial charge in [0.15, 0.2) is 18.1 Å². The van der Waals surface area contributed by atoms with Gasteiger partial charge in [0.2, 0.25) is 10.9 Å².